The van der Waals surface area contributed by atoms with Crippen molar-refractivity contribution in [1.82, 2.24) is 5.32 Å². The minimum atomic E-state index is -0.986. The van der Waals surface area contributed by atoms with Gasteiger partial charge in [-0.25, -0.2) is 8.78 Å². The molecular weight excluding hydrogens is 518 g/mol. The monoisotopic (exact) mass is 542 g/mol. The number of hydrogen-bond acceptors (Lipinski definition) is 6. The molecule has 10 heteroatoms. The summed E-state index contributed by atoms with van der Waals surface area (Å²) in [5.74, 6) is -2.91. The third-order valence-electron chi connectivity index (χ3n) is 7.52. The standard InChI is InChI=1S/C28H25ClF2N2O5/c29-24-18(30)10-19-17(11-28(38-19,21-7-4-8-33-21)14-5-2-1-3-6-14)22(24)23-16(27(32)35)9-20-26(25(23)31)37-15(12-34)13-36-20/h1-3,5-6,9-10,15,21,33-34H,4,7-8,11-13H2,(H2,32,35)/t15?,21-,28-/m0/s1. The summed E-state index contributed by atoms with van der Waals surface area (Å²) in [6, 6.07) is 11.9. The third kappa shape index (κ3) is 3.80. The van der Waals surface area contributed by atoms with E-state index >= 15 is 8.78 Å². The highest BCUT2D eigenvalue weighted by Crippen LogP contribution is 2.53. The highest BCUT2D eigenvalue weighted by Gasteiger charge is 2.50. The van der Waals surface area contributed by atoms with Crippen LogP contribution >= 0.6 is 11.6 Å². The molecule has 3 heterocycles. The molecule has 3 atom stereocenters. The number of fused-ring (bicyclic) bond motifs is 2. The summed E-state index contributed by atoms with van der Waals surface area (Å²) in [4.78, 5) is 12.5. The number of carbonyl (C=O) groups excluding carboxylic acids is 1. The van der Waals surface area contributed by atoms with E-state index in [0.29, 0.717) is 5.56 Å². The van der Waals surface area contributed by atoms with E-state index in [-0.39, 0.29) is 58.0 Å². The van der Waals surface area contributed by atoms with Gasteiger partial charge in [-0.15, -0.1) is 0 Å². The molecule has 6 rings (SSSR count). The molecule has 1 amide bonds. The zero-order valence-corrected chi connectivity index (χ0v) is 21.0. The largest absolute Gasteiger partial charge is 0.486 e. The number of halogens is 3. The van der Waals surface area contributed by atoms with Gasteiger partial charge in [0, 0.05) is 29.2 Å². The van der Waals surface area contributed by atoms with Gasteiger partial charge >= 0.3 is 0 Å². The molecule has 0 saturated carbocycles. The molecule has 1 saturated heterocycles. The van der Waals surface area contributed by atoms with Crippen LogP contribution in [0.3, 0.4) is 0 Å². The molecule has 0 aromatic heterocycles. The van der Waals surface area contributed by atoms with Gasteiger partial charge in [-0.3, -0.25) is 4.79 Å². The molecule has 0 spiro atoms. The van der Waals surface area contributed by atoms with Crippen LogP contribution in [0.1, 0.15) is 34.3 Å². The first-order valence-corrected chi connectivity index (χ1v) is 12.8. The van der Waals surface area contributed by atoms with Crippen molar-refractivity contribution in [2.45, 2.75) is 37.0 Å². The lowest BCUT2D eigenvalue weighted by atomic mass is 9.80. The minimum absolute atomic E-state index is 0.0266. The second-order valence-corrected chi connectivity index (χ2v) is 10.1. The molecule has 1 fully saturated rings. The van der Waals surface area contributed by atoms with E-state index in [9.17, 15) is 9.90 Å². The SMILES string of the molecule is NC(=O)c1cc2c(c(F)c1-c1c(Cl)c(F)cc3c1C[C@](c1ccccc1)([C@@H]1CCCN1)O3)OC(CO)CO2. The topological polar surface area (TPSA) is 103 Å². The summed E-state index contributed by atoms with van der Waals surface area (Å²) < 4.78 is 49.2. The first kappa shape index (κ1) is 24.9. The molecule has 198 valence electrons. The molecule has 3 aliphatic heterocycles. The van der Waals surface area contributed by atoms with Crippen molar-refractivity contribution >= 4 is 17.5 Å². The van der Waals surface area contributed by atoms with Crippen LogP contribution in [0.4, 0.5) is 8.78 Å². The second kappa shape index (κ2) is 9.41. The molecule has 0 aliphatic carbocycles. The molecule has 7 nitrogen and oxygen atoms in total. The third-order valence-corrected chi connectivity index (χ3v) is 7.89. The Balaban J connectivity index is 1.59. The predicted molar refractivity (Wildman–Crippen MR) is 136 cm³/mol. The summed E-state index contributed by atoms with van der Waals surface area (Å²) in [7, 11) is 0. The minimum Gasteiger partial charge on any atom is -0.486 e. The quantitative estimate of drug-likeness (QED) is 0.449. The van der Waals surface area contributed by atoms with Crippen molar-refractivity contribution in [2.24, 2.45) is 5.73 Å². The number of primary amides is 1. The number of aliphatic hydroxyl groups is 1. The number of nitrogens with two attached hydrogens (primary N) is 1. The highest BCUT2D eigenvalue weighted by atomic mass is 35.5. The highest BCUT2D eigenvalue weighted by molar-refractivity contribution is 6.34. The van der Waals surface area contributed by atoms with Gasteiger partial charge in [0.05, 0.1) is 23.2 Å². The van der Waals surface area contributed by atoms with E-state index < -0.39 is 35.9 Å². The van der Waals surface area contributed by atoms with Crippen molar-refractivity contribution < 1.29 is 32.9 Å². The van der Waals surface area contributed by atoms with Crippen molar-refractivity contribution in [3.05, 3.63) is 75.8 Å². The lowest BCUT2D eigenvalue weighted by Gasteiger charge is -2.35. The molecule has 3 aromatic rings. The lowest BCUT2D eigenvalue weighted by Crippen LogP contribution is -2.48. The van der Waals surface area contributed by atoms with Crippen molar-refractivity contribution in [3.63, 3.8) is 0 Å². The normalized spacial score (nSPS) is 23.7. The van der Waals surface area contributed by atoms with Crippen LogP contribution in [0.2, 0.25) is 5.02 Å². The van der Waals surface area contributed by atoms with Crippen LogP contribution < -0.4 is 25.3 Å². The number of hydrogen-bond donors (Lipinski definition) is 3. The van der Waals surface area contributed by atoms with Gasteiger partial charge in [-0.05, 0) is 31.0 Å². The fourth-order valence-electron chi connectivity index (χ4n) is 5.76. The van der Waals surface area contributed by atoms with Gasteiger partial charge in [0.25, 0.3) is 0 Å². The molecule has 38 heavy (non-hydrogen) atoms. The summed E-state index contributed by atoms with van der Waals surface area (Å²) in [6.45, 7) is 0.345. The summed E-state index contributed by atoms with van der Waals surface area (Å²) >= 11 is 6.52. The van der Waals surface area contributed by atoms with Gasteiger partial charge < -0.3 is 30.4 Å². The summed E-state index contributed by atoms with van der Waals surface area (Å²) in [6.07, 6.45) is 1.18. The molecular formula is C28H25ClF2N2O5. The number of amides is 1. The number of nitrogens with one attached hydrogen (secondary N) is 1. The van der Waals surface area contributed by atoms with E-state index in [4.69, 9.17) is 31.5 Å². The van der Waals surface area contributed by atoms with E-state index in [1.165, 1.54) is 12.1 Å². The number of benzene rings is 3. The van der Waals surface area contributed by atoms with Crippen LogP contribution in [0.15, 0.2) is 42.5 Å². The maximum absolute atomic E-state index is 16.2. The smallest absolute Gasteiger partial charge is 0.249 e. The summed E-state index contributed by atoms with van der Waals surface area (Å²) in [5.41, 5.74) is 5.51. The van der Waals surface area contributed by atoms with Gasteiger partial charge in [-0.1, -0.05) is 41.9 Å². The Hall–Kier alpha value is -3.40. The van der Waals surface area contributed by atoms with E-state index in [0.717, 1.165) is 24.9 Å². The number of ether oxygens (including phenoxy) is 3. The first-order valence-electron chi connectivity index (χ1n) is 12.4. The van der Waals surface area contributed by atoms with Crippen molar-refractivity contribution in [2.75, 3.05) is 19.8 Å². The molecule has 0 bridgehead atoms. The van der Waals surface area contributed by atoms with Crippen LogP contribution in [0, 0.1) is 11.6 Å². The Morgan fingerprint density at radius 2 is 1.97 bits per heavy atom. The Bertz CT molecular complexity index is 1430. The molecule has 4 N–H and O–H groups in total. The first-order chi connectivity index (χ1) is 18.3. The maximum Gasteiger partial charge on any atom is 0.249 e. The van der Waals surface area contributed by atoms with Gasteiger partial charge in [0.15, 0.2) is 29.0 Å². The van der Waals surface area contributed by atoms with Crippen molar-refractivity contribution in [3.8, 4) is 28.4 Å². The molecule has 1 unspecified atom stereocenters. The Morgan fingerprint density at radius 1 is 1.18 bits per heavy atom. The van der Waals surface area contributed by atoms with Gasteiger partial charge in [0.2, 0.25) is 5.91 Å². The van der Waals surface area contributed by atoms with E-state index in [1.807, 2.05) is 30.3 Å². The van der Waals surface area contributed by atoms with Gasteiger partial charge in [-0.2, -0.15) is 0 Å². The average molecular weight is 543 g/mol. The average Bonchev–Trinajstić information content (AvgIpc) is 3.60. The fraction of sp³-hybridized carbons (Fsp3) is 0.321. The Labute approximate surface area is 222 Å². The molecule has 3 aliphatic rings. The van der Waals surface area contributed by atoms with Gasteiger partial charge in [0.1, 0.15) is 18.2 Å². The van der Waals surface area contributed by atoms with E-state index in [1.54, 1.807) is 0 Å². The number of carbonyl (C=O) groups is 1. The number of aliphatic hydroxyl groups excluding tert-OH is 1. The van der Waals surface area contributed by atoms with Crippen LogP contribution in [-0.2, 0) is 12.0 Å². The Kier molecular flexibility index (Phi) is 6.17. The zero-order valence-electron chi connectivity index (χ0n) is 20.2. The number of rotatable bonds is 5. The van der Waals surface area contributed by atoms with Crippen LogP contribution in [0.5, 0.6) is 17.2 Å². The zero-order chi connectivity index (χ0) is 26.6. The van der Waals surface area contributed by atoms with Crippen LogP contribution in [0.25, 0.3) is 11.1 Å². The van der Waals surface area contributed by atoms with E-state index in [2.05, 4.69) is 5.32 Å². The molecule has 0 radical (unpaired) electrons. The second-order valence-electron chi connectivity index (χ2n) is 9.75. The van der Waals surface area contributed by atoms with Crippen molar-refractivity contribution in [1.29, 1.82) is 0 Å². The Morgan fingerprint density at radius 3 is 2.66 bits per heavy atom. The maximum atomic E-state index is 16.2. The predicted octanol–water partition coefficient (Wildman–Crippen LogP) is 4.10. The van der Waals surface area contributed by atoms with Crippen LogP contribution in [-0.4, -0.2) is 42.9 Å². The fourth-order valence-corrected chi connectivity index (χ4v) is 6.02. The summed E-state index contributed by atoms with van der Waals surface area (Å²) in [5, 5.41) is 12.6. The molecule has 3 aromatic carbocycles. The lowest BCUT2D eigenvalue weighted by molar-refractivity contribution is 0.0418.